The molecule has 0 bridgehead atoms. The molecule has 2 heterocycles. The van der Waals surface area contributed by atoms with Gasteiger partial charge in [0.25, 0.3) is 5.91 Å². The Morgan fingerprint density at radius 1 is 1.23 bits per heavy atom. The smallest absolute Gasteiger partial charge is 0.267 e. The van der Waals surface area contributed by atoms with Crippen molar-refractivity contribution < 1.29 is 18.7 Å². The van der Waals surface area contributed by atoms with Crippen molar-refractivity contribution >= 4 is 11.8 Å². The van der Waals surface area contributed by atoms with Crippen molar-refractivity contribution in [2.75, 3.05) is 13.6 Å². The Bertz CT molecular complexity index is 898. The van der Waals surface area contributed by atoms with Gasteiger partial charge in [-0.2, -0.15) is 0 Å². The van der Waals surface area contributed by atoms with Crippen molar-refractivity contribution in [1.82, 2.24) is 14.8 Å². The molecule has 7 heteroatoms. The average molecular weight is 411 g/mol. The van der Waals surface area contributed by atoms with E-state index in [0.717, 1.165) is 37.7 Å². The molecule has 1 aromatic heterocycles. The summed E-state index contributed by atoms with van der Waals surface area (Å²) in [4.78, 5) is 33.2. The van der Waals surface area contributed by atoms with Crippen LogP contribution in [-0.4, -0.2) is 51.8 Å². The highest BCUT2D eigenvalue weighted by Gasteiger charge is 2.62. The molecule has 6 nitrogen and oxygen atoms in total. The lowest BCUT2D eigenvalue weighted by Crippen LogP contribution is -2.77. The number of aromatic nitrogens is 1. The van der Waals surface area contributed by atoms with Gasteiger partial charge in [-0.3, -0.25) is 14.6 Å². The van der Waals surface area contributed by atoms with Crippen LogP contribution >= 0.6 is 0 Å². The maximum absolute atomic E-state index is 13.2. The number of β-lactam (4-membered cyclic amide) rings is 1. The van der Waals surface area contributed by atoms with Crippen LogP contribution in [0.25, 0.3) is 0 Å². The molecule has 158 valence electrons. The van der Waals surface area contributed by atoms with Crippen LogP contribution < -0.4 is 4.74 Å². The summed E-state index contributed by atoms with van der Waals surface area (Å²) in [6.07, 6.45) is 7.52. The molecule has 0 radical (unpaired) electrons. The fourth-order valence-corrected chi connectivity index (χ4v) is 4.52. The largest absolute Gasteiger partial charge is 0.478 e. The molecule has 4 rings (SSSR count). The third-order valence-corrected chi connectivity index (χ3v) is 6.16. The van der Waals surface area contributed by atoms with Gasteiger partial charge >= 0.3 is 0 Å². The van der Waals surface area contributed by atoms with E-state index in [1.807, 2.05) is 12.1 Å². The average Bonchev–Trinajstić information content (AvgIpc) is 2.78. The number of likely N-dealkylation sites (N-methyl/N-ethyl adjacent to an activating group) is 1. The highest BCUT2D eigenvalue weighted by molar-refractivity contribution is 5.94. The fourth-order valence-electron chi connectivity index (χ4n) is 4.52. The van der Waals surface area contributed by atoms with E-state index >= 15 is 0 Å². The number of amides is 2. The minimum Gasteiger partial charge on any atom is -0.478 e. The highest BCUT2D eigenvalue weighted by Crippen LogP contribution is 2.45. The first-order valence-corrected chi connectivity index (χ1v) is 10.4. The monoisotopic (exact) mass is 411 g/mol. The Morgan fingerprint density at radius 2 is 1.97 bits per heavy atom. The summed E-state index contributed by atoms with van der Waals surface area (Å²) in [5.41, 5.74) is 0.474. The van der Waals surface area contributed by atoms with Crippen molar-refractivity contribution in [3.8, 4) is 5.75 Å². The van der Waals surface area contributed by atoms with Crippen LogP contribution in [0.2, 0.25) is 0 Å². The molecular formula is C23H26FN3O3. The van der Waals surface area contributed by atoms with E-state index in [2.05, 4.69) is 4.98 Å². The second kappa shape index (κ2) is 8.42. The number of rotatable bonds is 6. The molecule has 0 N–H and O–H groups in total. The minimum absolute atomic E-state index is 0.0405. The Kier molecular flexibility index (Phi) is 5.70. The normalized spacial score (nSPS) is 20.0. The molecule has 1 aliphatic carbocycles. The van der Waals surface area contributed by atoms with E-state index in [1.165, 1.54) is 24.3 Å². The quantitative estimate of drug-likeness (QED) is 0.685. The van der Waals surface area contributed by atoms with E-state index in [1.54, 1.807) is 29.2 Å². The van der Waals surface area contributed by atoms with Crippen LogP contribution in [-0.2, 0) is 16.1 Å². The SMILES string of the molecule is CN(Cc1cccnc1)C(=O)CN1C(=O)C(Oc2ccc(F)cc2)C12CCCCC2. The summed E-state index contributed by atoms with van der Waals surface area (Å²) in [6, 6.07) is 9.46. The predicted molar refractivity (Wildman–Crippen MR) is 109 cm³/mol. The Labute approximate surface area is 175 Å². The first kappa shape index (κ1) is 20.3. The Morgan fingerprint density at radius 3 is 2.63 bits per heavy atom. The van der Waals surface area contributed by atoms with Gasteiger partial charge in [0.1, 0.15) is 18.1 Å². The molecule has 2 aromatic rings. The van der Waals surface area contributed by atoms with Crippen molar-refractivity contribution in [1.29, 1.82) is 0 Å². The van der Waals surface area contributed by atoms with Crippen LogP contribution in [0, 0.1) is 5.82 Å². The molecular weight excluding hydrogens is 385 g/mol. The zero-order valence-corrected chi connectivity index (χ0v) is 17.1. The van der Waals surface area contributed by atoms with Gasteiger partial charge in [0.2, 0.25) is 5.91 Å². The third kappa shape index (κ3) is 3.88. The highest BCUT2D eigenvalue weighted by atomic mass is 19.1. The standard InChI is InChI=1S/C23H26FN3O3/c1-26(15-17-6-5-13-25-14-17)20(28)16-27-22(29)21(23(27)11-3-2-4-12-23)30-19-9-7-18(24)8-10-19/h5-10,13-14,21H,2-4,11-12,15-16H2,1H3. The summed E-state index contributed by atoms with van der Waals surface area (Å²) in [6.45, 7) is 0.482. The first-order valence-electron chi connectivity index (χ1n) is 10.4. The molecule has 2 amide bonds. The van der Waals surface area contributed by atoms with Crippen molar-refractivity contribution in [2.24, 2.45) is 0 Å². The second-order valence-corrected chi connectivity index (χ2v) is 8.15. The minimum atomic E-state index is -0.625. The Hall–Kier alpha value is -2.96. The number of halogens is 1. The Balaban J connectivity index is 1.46. The number of nitrogens with zero attached hydrogens (tertiary/aromatic N) is 3. The van der Waals surface area contributed by atoms with E-state index in [9.17, 15) is 14.0 Å². The van der Waals surface area contributed by atoms with Gasteiger partial charge in [-0.25, -0.2) is 4.39 Å². The number of carbonyl (C=O) groups excluding carboxylic acids is 2. The lowest BCUT2D eigenvalue weighted by molar-refractivity contribution is -0.188. The van der Waals surface area contributed by atoms with Gasteiger partial charge in [0, 0.05) is 26.0 Å². The summed E-state index contributed by atoms with van der Waals surface area (Å²) < 4.78 is 19.2. The number of benzene rings is 1. The first-order chi connectivity index (χ1) is 14.5. The van der Waals surface area contributed by atoms with E-state index in [0.29, 0.717) is 12.3 Å². The number of hydrogen-bond donors (Lipinski definition) is 0. The molecule has 30 heavy (non-hydrogen) atoms. The lowest BCUT2D eigenvalue weighted by atomic mass is 9.70. The number of carbonyl (C=O) groups is 2. The van der Waals surface area contributed by atoms with Crippen LogP contribution in [0.3, 0.4) is 0 Å². The molecule has 1 aromatic carbocycles. The van der Waals surface area contributed by atoms with E-state index in [-0.39, 0.29) is 24.2 Å². The fraction of sp³-hybridized carbons (Fsp3) is 0.435. The molecule has 1 aliphatic heterocycles. The van der Waals surface area contributed by atoms with E-state index < -0.39 is 11.6 Å². The van der Waals surface area contributed by atoms with Crippen molar-refractivity contribution in [3.63, 3.8) is 0 Å². The van der Waals surface area contributed by atoms with Crippen LogP contribution in [0.1, 0.15) is 37.7 Å². The number of pyridine rings is 1. The molecule has 2 fully saturated rings. The number of hydrogen-bond acceptors (Lipinski definition) is 4. The molecule has 1 spiro atoms. The van der Waals surface area contributed by atoms with Crippen LogP contribution in [0.4, 0.5) is 4.39 Å². The lowest BCUT2D eigenvalue weighted by Gasteiger charge is -2.58. The molecule has 1 unspecified atom stereocenters. The molecule has 1 saturated carbocycles. The number of likely N-dealkylation sites (tertiary alicyclic amines) is 1. The van der Waals surface area contributed by atoms with Gasteiger partial charge in [0.05, 0.1) is 5.54 Å². The summed E-state index contributed by atoms with van der Waals surface area (Å²) >= 11 is 0. The molecule has 1 saturated heterocycles. The van der Waals surface area contributed by atoms with Gasteiger partial charge in [-0.15, -0.1) is 0 Å². The zero-order chi connectivity index (χ0) is 21.1. The van der Waals surface area contributed by atoms with Crippen molar-refractivity contribution in [2.45, 2.75) is 50.3 Å². The summed E-state index contributed by atoms with van der Waals surface area (Å²) in [5, 5.41) is 0. The topological polar surface area (TPSA) is 62.7 Å². The van der Waals surface area contributed by atoms with Gasteiger partial charge in [0.15, 0.2) is 6.10 Å². The summed E-state index contributed by atoms with van der Waals surface area (Å²) in [5.74, 6) is -0.167. The zero-order valence-electron chi connectivity index (χ0n) is 17.1. The van der Waals surface area contributed by atoms with Crippen molar-refractivity contribution in [3.05, 3.63) is 60.2 Å². The van der Waals surface area contributed by atoms with Gasteiger partial charge in [-0.1, -0.05) is 25.3 Å². The maximum atomic E-state index is 13.2. The molecule has 2 aliphatic rings. The molecule has 1 atom stereocenters. The van der Waals surface area contributed by atoms with Gasteiger partial charge in [-0.05, 0) is 48.7 Å². The van der Waals surface area contributed by atoms with Gasteiger partial charge < -0.3 is 14.5 Å². The predicted octanol–water partition coefficient (Wildman–Crippen LogP) is 3.17. The summed E-state index contributed by atoms with van der Waals surface area (Å²) in [7, 11) is 1.74. The van der Waals surface area contributed by atoms with Crippen LogP contribution in [0.15, 0.2) is 48.8 Å². The maximum Gasteiger partial charge on any atom is 0.267 e. The third-order valence-electron chi connectivity index (χ3n) is 6.16. The van der Waals surface area contributed by atoms with Crippen LogP contribution in [0.5, 0.6) is 5.75 Å². The van der Waals surface area contributed by atoms with E-state index in [4.69, 9.17) is 4.74 Å². The second-order valence-electron chi connectivity index (χ2n) is 8.15. The number of ether oxygens (including phenoxy) is 1.